The Hall–Kier alpha value is -6.64. The highest BCUT2D eigenvalue weighted by atomic mass is 16.3. The number of fused-ring (bicyclic) bond motifs is 10. The van der Waals surface area contributed by atoms with E-state index in [1.165, 1.54) is 49.3 Å². The minimum absolute atomic E-state index is 0.841. The Morgan fingerprint density at radius 2 is 0.740 bits per heavy atom. The Bertz CT molecular complexity index is 2910. The zero-order valence-electron chi connectivity index (χ0n) is 27.3. The third-order valence-electron chi connectivity index (χ3n) is 9.99. The SMILES string of the molecule is c1ccc(-c2cc(-c3ccccc3)cc(-n3c4ccccc4c4cc5c(cc43)c3ccccc3oc3ccccc3c3ccccc35)c2)cc1. The van der Waals surface area contributed by atoms with Gasteiger partial charge in [0.2, 0.25) is 0 Å². The van der Waals surface area contributed by atoms with Gasteiger partial charge in [0.15, 0.2) is 0 Å². The molecule has 2 heteroatoms. The maximum Gasteiger partial charge on any atom is 0.135 e. The van der Waals surface area contributed by atoms with Crippen LogP contribution >= 0.6 is 0 Å². The molecular formula is C48H31NO. The van der Waals surface area contributed by atoms with Gasteiger partial charge in [0, 0.05) is 27.2 Å². The topological polar surface area (TPSA) is 18.1 Å². The van der Waals surface area contributed by atoms with Crippen LogP contribution in [0.2, 0.25) is 0 Å². The monoisotopic (exact) mass is 637 g/mol. The van der Waals surface area contributed by atoms with E-state index >= 15 is 0 Å². The molecule has 0 aliphatic carbocycles. The van der Waals surface area contributed by atoms with Crippen molar-refractivity contribution < 1.29 is 4.42 Å². The van der Waals surface area contributed by atoms with E-state index in [0.717, 1.165) is 43.9 Å². The summed E-state index contributed by atoms with van der Waals surface area (Å²) in [6, 6.07) is 67.5. The lowest BCUT2D eigenvalue weighted by Gasteiger charge is -2.14. The van der Waals surface area contributed by atoms with Crippen molar-refractivity contribution in [2.45, 2.75) is 0 Å². The maximum atomic E-state index is 6.78. The van der Waals surface area contributed by atoms with Crippen LogP contribution in [0.25, 0.3) is 93.2 Å². The van der Waals surface area contributed by atoms with Crippen LogP contribution in [0.15, 0.2) is 192 Å². The smallest absolute Gasteiger partial charge is 0.135 e. The molecule has 234 valence electrons. The molecule has 0 unspecified atom stereocenters. The van der Waals surface area contributed by atoms with Crippen molar-refractivity contribution in [3.63, 3.8) is 0 Å². The van der Waals surface area contributed by atoms with E-state index in [-0.39, 0.29) is 0 Å². The van der Waals surface area contributed by atoms with Crippen molar-refractivity contribution in [2.75, 3.05) is 0 Å². The first-order valence-electron chi connectivity index (χ1n) is 17.1. The molecule has 0 saturated carbocycles. The maximum absolute atomic E-state index is 6.78. The highest BCUT2D eigenvalue weighted by Crippen LogP contribution is 2.40. The van der Waals surface area contributed by atoms with Gasteiger partial charge in [-0.1, -0.05) is 140 Å². The van der Waals surface area contributed by atoms with Gasteiger partial charge in [-0.3, -0.25) is 0 Å². The zero-order chi connectivity index (χ0) is 33.0. The first kappa shape index (κ1) is 28.4. The molecule has 8 aromatic carbocycles. The van der Waals surface area contributed by atoms with Gasteiger partial charge in [0.1, 0.15) is 11.2 Å². The van der Waals surface area contributed by atoms with E-state index in [0.29, 0.717) is 0 Å². The first-order chi connectivity index (χ1) is 24.8. The number of nitrogens with zero attached hydrogens (tertiary/aromatic N) is 1. The molecule has 0 N–H and O–H groups in total. The molecule has 50 heavy (non-hydrogen) atoms. The van der Waals surface area contributed by atoms with Crippen LogP contribution in [0.4, 0.5) is 0 Å². The molecule has 2 heterocycles. The molecule has 0 fully saturated rings. The lowest BCUT2D eigenvalue weighted by molar-refractivity contribution is 0.663. The van der Waals surface area contributed by atoms with Crippen LogP contribution in [-0.2, 0) is 0 Å². The van der Waals surface area contributed by atoms with Crippen LogP contribution in [0.5, 0.6) is 0 Å². The van der Waals surface area contributed by atoms with Crippen molar-refractivity contribution in [3.8, 4) is 27.9 Å². The van der Waals surface area contributed by atoms with Gasteiger partial charge in [0.25, 0.3) is 0 Å². The van der Waals surface area contributed by atoms with E-state index in [9.17, 15) is 0 Å². The Morgan fingerprint density at radius 3 is 1.36 bits per heavy atom. The zero-order valence-corrected chi connectivity index (χ0v) is 27.3. The van der Waals surface area contributed by atoms with Gasteiger partial charge in [-0.05, 0) is 92.3 Å². The number of rotatable bonds is 3. The Kier molecular flexibility index (Phi) is 6.53. The average molecular weight is 638 g/mol. The fraction of sp³-hybridized carbons (Fsp3) is 0. The lowest BCUT2D eigenvalue weighted by atomic mass is 9.97. The highest BCUT2D eigenvalue weighted by Gasteiger charge is 2.17. The third-order valence-corrected chi connectivity index (χ3v) is 9.99. The number of aromatic nitrogens is 1. The summed E-state index contributed by atoms with van der Waals surface area (Å²) in [7, 11) is 0. The van der Waals surface area contributed by atoms with E-state index in [4.69, 9.17) is 4.42 Å². The molecule has 0 spiro atoms. The van der Waals surface area contributed by atoms with Gasteiger partial charge in [-0.15, -0.1) is 0 Å². The fourth-order valence-electron chi connectivity index (χ4n) is 7.70. The average Bonchev–Trinajstić information content (AvgIpc) is 3.53. The van der Waals surface area contributed by atoms with Gasteiger partial charge in [-0.2, -0.15) is 0 Å². The standard InChI is InChI=1S/C48H31NO/c1-3-15-32(16-4-1)34-27-35(33-17-5-2-6-18-33)29-36(28-34)49-45-24-12-9-21-39(45)44-30-42-38-20-8-7-19-37(38)40-22-10-13-25-47(40)50-48-26-14-11-23-41(48)43(42)31-46(44)49/h1-31H. The summed E-state index contributed by atoms with van der Waals surface area (Å²) in [6.07, 6.45) is 0. The highest BCUT2D eigenvalue weighted by molar-refractivity contribution is 6.23. The summed E-state index contributed by atoms with van der Waals surface area (Å²) in [6.45, 7) is 0. The molecule has 0 bridgehead atoms. The lowest BCUT2D eigenvalue weighted by Crippen LogP contribution is -1.96. The third kappa shape index (κ3) is 4.57. The molecule has 0 aliphatic rings. The van der Waals surface area contributed by atoms with Crippen LogP contribution < -0.4 is 0 Å². The van der Waals surface area contributed by atoms with Gasteiger partial charge in [-0.25, -0.2) is 0 Å². The number of hydrogen-bond acceptors (Lipinski definition) is 1. The van der Waals surface area contributed by atoms with Crippen LogP contribution in [0, 0.1) is 0 Å². The molecule has 2 nitrogen and oxygen atoms in total. The second kappa shape index (κ2) is 11.5. The molecule has 0 saturated heterocycles. The quantitative estimate of drug-likeness (QED) is 0.188. The van der Waals surface area contributed by atoms with E-state index < -0.39 is 0 Å². The molecule has 0 atom stereocenters. The van der Waals surface area contributed by atoms with Crippen molar-refractivity contribution in [2.24, 2.45) is 0 Å². The molecule has 0 aliphatic heterocycles. The van der Waals surface area contributed by atoms with Crippen molar-refractivity contribution >= 4 is 65.3 Å². The number of para-hydroxylation sites is 3. The van der Waals surface area contributed by atoms with E-state index in [1.54, 1.807) is 0 Å². The Morgan fingerprint density at radius 1 is 0.280 bits per heavy atom. The van der Waals surface area contributed by atoms with Crippen molar-refractivity contribution in [1.29, 1.82) is 0 Å². The largest absolute Gasteiger partial charge is 0.456 e. The predicted octanol–water partition coefficient (Wildman–Crippen LogP) is 13.4. The molecule has 10 aromatic rings. The molecule has 10 rings (SSSR count). The summed E-state index contributed by atoms with van der Waals surface area (Å²) in [5, 5.41) is 9.25. The molecule has 0 amide bonds. The second-order valence-electron chi connectivity index (χ2n) is 12.9. The molecular weight excluding hydrogens is 607 g/mol. The van der Waals surface area contributed by atoms with Crippen LogP contribution in [0.3, 0.4) is 0 Å². The van der Waals surface area contributed by atoms with Crippen molar-refractivity contribution in [1.82, 2.24) is 4.57 Å². The summed E-state index contributed by atoms with van der Waals surface area (Å²) in [5.74, 6) is 0. The normalized spacial score (nSPS) is 11.6. The molecule has 2 aromatic heterocycles. The van der Waals surface area contributed by atoms with Gasteiger partial charge >= 0.3 is 0 Å². The van der Waals surface area contributed by atoms with Crippen LogP contribution in [0.1, 0.15) is 0 Å². The van der Waals surface area contributed by atoms with Crippen LogP contribution in [-0.4, -0.2) is 4.57 Å². The van der Waals surface area contributed by atoms with Gasteiger partial charge in [0.05, 0.1) is 11.0 Å². The Labute approximate surface area is 289 Å². The minimum Gasteiger partial charge on any atom is -0.456 e. The van der Waals surface area contributed by atoms with Crippen molar-refractivity contribution in [3.05, 3.63) is 188 Å². The summed E-state index contributed by atoms with van der Waals surface area (Å²) < 4.78 is 9.23. The number of hydrogen-bond donors (Lipinski definition) is 0. The fourth-order valence-corrected chi connectivity index (χ4v) is 7.70. The summed E-state index contributed by atoms with van der Waals surface area (Å²) >= 11 is 0. The minimum atomic E-state index is 0.841. The predicted molar refractivity (Wildman–Crippen MR) is 212 cm³/mol. The first-order valence-corrected chi connectivity index (χ1v) is 17.1. The van der Waals surface area contributed by atoms with E-state index in [1.807, 2.05) is 6.07 Å². The Balaban J connectivity index is 1.40. The summed E-state index contributed by atoms with van der Waals surface area (Å²) in [5.41, 5.74) is 9.88. The molecule has 0 radical (unpaired) electrons. The van der Waals surface area contributed by atoms with E-state index in [2.05, 4.69) is 187 Å². The second-order valence-corrected chi connectivity index (χ2v) is 12.9. The summed E-state index contributed by atoms with van der Waals surface area (Å²) in [4.78, 5) is 0. The van der Waals surface area contributed by atoms with Gasteiger partial charge < -0.3 is 8.98 Å². The number of benzene rings is 8.